The Morgan fingerprint density at radius 1 is 1.22 bits per heavy atom. The molecule has 1 aromatic heterocycles. The summed E-state index contributed by atoms with van der Waals surface area (Å²) in [5, 5.41) is 10.4. The molecule has 23 heavy (non-hydrogen) atoms. The van der Waals surface area contributed by atoms with Crippen molar-refractivity contribution in [3.63, 3.8) is 0 Å². The number of carbonyl (C=O) groups excluding carboxylic acids is 1. The SMILES string of the molecule is Cc1cccc(NC(=O)c2nnn(-c3ccc(F)cc3)c2N)c1. The molecule has 0 aliphatic heterocycles. The topological polar surface area (TPSA) is 85.8 Å². The standard InChI is InChI=1S/C16H14FN5O/c1-10-3-2-4-12(9-10)19-16(23)14-15(18)22(21-20-14)13-7-5-11(17)6-8-13/h2-9H,18H2,1H3,(H,19,23). The summed E-state index contributed by atoms with van der Waals surface area (Å²) >= 11 is 0. The molecule has 0 atom stereocenters. The molecule has 0 fully saturated rings. The van der Waals surface area contributed by atoms with E-state index in [1.165, 1.54) is 28.9 Å². The number of rotatable bonds is 3. The molecule has 0 saturated heterocycles. The molecule has 0 bridgehead atoms. The predicted molar refractivity (Wildman–Crippen MR) is 84.9 cm³/mol. The van der Waals surface area contributed by atoms with Gasteiger partial charge >= 0.3 is 0 Å². The Morgan fingerprint density at radius 3 is 2.65 bits per heavy atom. The van der Waals surface area contributed by atoms with Crippen molar-refractivity contribution in [2.75, 3.05) is 11.1 Å². The number of nitrogens with one attached hydrogen (secondary N) is 1. The first-order chi connectivity index (χ1) is 11.0. The van der Waals surface area contributed by atoms with Gasteiger partial charge in [0.15, 0.2) is 11.5 Å². The van der Waals surface area contributed by atoms with Crippen LogP contribution >= 0.6 is 0 Å². The lowest BCUT2D eigenvalue weighted by Gasteiger charge is -2.05. The monoisotopic (exact) mass is 311 g/mol. The number of carbonyl (C=O) groups is 1. The molecule has 0 aliphatic rings. The molecule has 0 spiro atoms. The van der Waals surface area contributed by atoms with Crippen molar-refractivity contribution in [3.8, 4) is 5.69 Å². The highest BCUT2D eigenvalue weighted by molar-refractivity contribution is 6.05. The van der Waals surface area contributed by atoms with Crippen LogP contribution < -0.4 is 11.1 Å². The van der Waals surface area contributed by atoms with Gasteiger partial charge < -0.3 is 11.1 Å². The number of hydrogen-bond acceptors (Lipinski definition) is 4. The number of anilines is 2. The minimum absolute atomic E-state index is 0.0100. The average molecular weight is 311 g/mol. The molecular formula is C16H14FN5O. The van der Waals surface area contributed by atoms with Crippen LogP contribution in [0.3, 0.4) is 0 Å². The van der Waals surface area contributed by atoms with Gasteiger partial charge in [0.1, 0.15) is 5.82 Å². The van der Waals surface area contributed by atoms with E-state index >= 15 is 0 Å². The first-order valence-electron chi connectivity index (χ1n) is 6.90. The molecule has 0 aliphatic carbocycles. The minimum Gasteiger partial charge on any atom is -0.382 e. The molecule has 7 heteroatoms. The van der Waals surface area contributed by atoms with Crippen LogP contribution in [0.15, 0.2) is 48.5 Å². The molecular weight excluding hydrogens is 297 g/mol. The quantitative estimate of drug-likeness (QED) is 0.778. The van der Waals surface area contributed by atoms with Gasteiger partial charge in [0.05, 0.1) is 5.69 Å². The van der Waals surface area contributed by atoms with Gasteiger partial charge in [-0.3, -0.25) is 4.79 Å². The minimum atomic E-state index is -0.457. The van der Waals surface area contributed by atoms with E-state index in [-0.39, 0.29) is 17.3 Å². The second kappa shape index (κ2) is 5.88. The summed E-state index contributed by atoms with van der Waals surface area (Å²) in [6.07, 6.45) is 0. The predicted octanol–water partition coefficient (Wildman–Crippen LogP) is 2.55. The Kier molecular flexibility index (Phi) is 3.76. The first-order valence-corrected chi connectivity index (χ1v) is 6.90. The van der Waals surface area contributed by atoms with Gasteiger partial charge in [-0.2, -0.15) is 4.68 Å². The van der Waals surface area contributed by atoms with Crippen LogP contribution in [-0.4, -0.2) is 20.9 Å². The van der Waals surface area contributed by atoms with Crippen LogP contribution in [0.4, 0.5) is 15.9 Å². The number of nitrogens with two attached hydrogens (primary N) is 1. The Hall–Kier alpha value is -3.22. The molecule has 3 aromatic rings. The van der Waals surface area contributed by atoms with Crippen LogP contribution in [0.5, 0.6) is 0 Å². The van der Waals surface area contributed by atoms with E-state index in [4.69, 9.17) is 5.73 Å². The highest BCUT2D eigenvalue weighted by atomic mass is 19.1. The van der Waals surface area contributed by atoms with Gasteiger partial charge in [-0.25, -0.2) is 4.39 Å². The summed E-state index contributed by atoms with van der Waals surface area (Å²) in [4.78, 5) is 12.3. The van der Waals surface area contributed by atoms with Gasteiger partial charge in [0.25, 0.3) is 5.91 Å². The van der Waals surface area contributed by atoms with Crippen LogP contribution in [0.1, 0.15) is 16.1 Å². The summed E-state index contributed by atoms with van der Waals surface area (Å²) in [6.45, 7) is 1.93. The third-order valence-corrected chi connectivity index (χ3v) is 3.27. The molecule has 116 valence electrons. The maximum Gasteiger partial charge on any atom is 0.280 e. The number of nitrogen functional groups attached to an aromatic ring is 1. The number of hydrogen-bond donors (Lipinski definition) is 2. The smallest absolute Gasteiger partial charge is 0.280 e. The number of halogens is 1. The van der Waals surface area contributed by atoms with Crippen molar-refractivity contribution in [1.82, 2.24) is 15.0 Å². The molecule has 1 heterocycles. The van der Waals surface area contributed by atoms with Crippen molar-refractivity contribution in [2.24, 2.45) is 0 Å². The van der Waals surface area contributed by atoms with Crippen LogP contribution in [0.25, 0.3) is 5.69 Å². The summed E-state index contributed by atoms with van der Waals surface area (Å²) in [6, 6.07) is 12.9. The zero-order chi connectivity index (χ0) is 16.4. The molecule has 1 amide bonds. The van der Waals surface area contributed by atoms with Crippen molar-refractivity contribution in [2.45, 2.75) is 6.92 Å². The van der Waals surface area contributed by atoms with Crippen molar-refractivity contribution in [1.29, 1.82) is 0 Å². The van der Waals surface area contributed by atoms with Gasteiger partial charge in [0.2, 0.25) is 0 Å². The second-order valence-electron chi connectivity index (χ2n) is 5.04. The largest absolute Gasteiger partial charge is 0.382 e. The lowest BCUT2D eigenvalue weighted by atomic mass is 10.2. The molecule has 2 aromatic carbocycles. The zero-order valence-corrected chi connectivity index (χ0v) is 12.3. The normalized spacial score (nSPS) is 10.5. The lowest BCUT2D eigenvalue weighted by Crippen LogP contribution is -2.15. The average Bonchev–Trinajstić information content (AvgIpc) is 2.90. The molecule has 0 radical (unpaired) electrons. The number of aromatic nitrogens is 3. The fraction of sp³-hybridized carbons (Fsp3) is 0.0625. The lowest BCUT2D eigenvalue weighted by molar-refractivity contribution is 0.102. The van der Waals surface area contributed by atoms with Crippen molar-refractivity contribution >= 4 is 17.4 Å². The molecule has 0 saturated carbocycles. The van der Waals surface area contributed by atoms with Crippen LogP contribution in [0.2, 0.25) is 0 Å². The van der Waals surface area contributed by atoms with Gasteiger partial charge in [-0.05, 0) is 48.9 Å². The third-order valence-electron chi connectivity index (χ3n) is 3.27. The highest BCUT2D eigenvalue weighted by Gasteiger charge is 2.18. The van der Waals surface area contributed by atoms with E-state index in [2.05, 4.69) is 15.6 Å². The summed E-state index contributed by atoms with van der Waals surface area (Å²) in [7, 11) is 0. The van der Waals surface area contributed by atoms with E-state index in [0.717, 1.165) is 5.56 Å². The fourth-order valence-electron chi connectivity index (χ4n) is 2.14. The summed E-state index contributed by atoms with van der Waals surface area (Å²) < 4.78 is 14.3. The number of nitrogens with zero attached hydrogens (tertiary/aromatic N) is 3. The Labute approximate surface area is 131 Å². The van der Waals surface area contributed by atoms with Crippen molar-refractivity contribution < 1.29 is 9.18 Å². The van der Waals surface area contributed by atoms with Crippen molar-refractivity contribution in [3.05, 3.63) is 65.6 Å². The van der Waals surface area contributed by atoms with Gasteiger partial charge in [0, 0.05) is 5.69 Å². The van der Waals surface area contributed by atoms with Crippen LogP contribution in [-0.2, 0) is 0 Å². The van der Waals surface area contributed by atoms with Crippen LogP contribution in [0, 0.1) is 12.7 Å². The van der Waals surface area contributed by atoms with E-state index in [1.54, 1.807) is 6.07 Å². The Bertz CT molecular complexity index is 857. The maximum absolute atomic E-state index is 13.0. The number of aryl methyl sites for hydroxylation is 1. The Morgan fingerprint density at radius 2 is 1.96 bits per heavy atom. The van der Waals surface area contributed by atoms with Gasteiger partial charge in [-0.15, -0.1) is 5.10 Å². The number of benzene rings is 2. The fourth-order valence-corrected chi connectivity index (χ4v) is 2.14. The molecule has 3 rings (SSSR count). The molecule has 6 nitrogen and oxygen atoms in total. The highest BCUT2D eigenvalue weighted by Crippen LogP contribution is 2.17. The Balaban J connectivity index is 1.86. The summed E-state index contributed by atoms with van der Waals surface area (Å²) in [5.74, 6) is -0.743. The maximum atomic E-state index is 13.0. The molecule has 3 N–H and O–H groups in total. The molecule has 0 unspecified atom stereocenters. The zero-order valence-electron chi connectivity index (χ0n) is 12.3. The summed E-state index contributed by atoms with van der Waals surface area (Å²) in [5.41, 5.74) is 8.13. The van der Waals surface area contributed by atoms with E-state index < -0.39 is 5.91 Å². The second-order valence-corrected chi connectivity index (χ2v) is 5.04. The number of amides is 1. The van der Waals surface area contributed by atoms with E-state index in [1.807, 2.05) is 25.1 Å². The van der Waals surface area contributed by atoms with E-state index in [0.29, 0.717) is 11.4 Å². The third kappa shape index (κ3) is 3.03. The first kappa shape index (κ1) is 14.7. The van der Waals surface area contributed by atoms with Gasteiger partial charge in [-0.1, -0.05) is 17.3 Å². The van der Waals surface area contributed by atoms with E-state index in [9.17, 15) is 9.18 Å².